The molecule has 0 unspecified atom stereocenters. The van der Waals surface area contributed by atoms with E-state index in [4.69, 9.17) is 9.47 Å². The first-order chi connectivity index (χ1) is 21.6. The van der Waals surface area contributed by atoms with Gasteiger partial charge in [0.1, 0.15) is 17.3 Å². The SMILES string of the molecule is CCOc1c2ccccc2c(OCC)c2c(O)n(-c3ccc(CC4(NC(=O)NS(=O)(=O)c5ccc(F)cc5)CC4)cc3C)cc12. The molecular formula is C34H34FN3O6S. The fraction of sp³-hybridized carbons (Fsp3) is 0.265. The van der Waals surface area contributed by atoms with Crippen LogP contribution in [-0.2, 0) is 16.4 Å². The van der Waals surface area contributed by atoms with Crippen LogP contribution in [0.5, 0.6) is 17.4 Å². The Balaban J connectivity index is 1.27. The topological polar surface area (TPSA) is 119 Å². The molecule has 9 nitrogen and oxygen atoms in total. The molecule has 234 valence electrons. The number of nitrogens with one attached hydrogen (secondary N) is 2. The van der Waals surface area contributed by atoms with Gasteiger partial charge in [-0.25, -0.2) is 22.3 Å². The molecule has 0 radical (unpaired) electrons. The van der Waals surface area contributed by atoms with Gasteiger partial charge in [-0.2, -0.15) is 0 Å². The fourth-order valence-electron chi connectivity index (χ4n) is 5.87. The van der Waals surface area contributed by atoms with Gasteiger partial charge in [-0.05, 0) is 81.5 Å². The maximum Gasteiger partial charge on any atom is 0.329 e. The smallest absolute Gasteiger partial charge is 0.329 e. The molecule has 1 fully saturated rings. The van der Waals surface area contributed by atoms with E-state index in [0.717, 1.165) is 57.2 Å². The summed E-state index contributed by atoms with van der Waals surface area (Å²) in [5.74, 6) is 0.737. The summed E-state index contributed by atoms with van der Waals surface area (Å²) in [7, 11) is -4.15. The number of benzene rings is 4. The molecule has 0 spiro atoms. The van der Waals surface area contributed by atoms with Gasteiger partial charge in [0, 0.05) is 22.5 Å². The molecule has 0 atom stereocenters. The second-order valence-electron chi connectivity index (χ2n) is 11.3. The molecule has 11 heteroatoms. The van der Waals surface area contributed by atoms with Gasteiger partial charge in [0.05, 0.1) is 34.6 Å². The van der Waals surface area contributed by atoms with E-state index in [9.17, 15) is 22.7 Å². The van der Waals surface area contributed by atoms with Gasteiger partial charge >= 0.3 is 6.03 Å². The van der Waals surface area contributed by atoms with Gasteiger partial charge in [0.15, 0.2) is 0 Å². The van der Waals surface area contributed by atoms with E-state index in [0.29, 0.717) is 49.4 Å². The van der Waals surface area contributed by atoms with E-state index in [1.54, 1.807) is 4.57 Å². The lowest BCUT2D eigenvalue weighted by molar-refractivity contribution is 0.240. The minimum Gasteiger partial charge on any atom is -0.494 e. The van der Waals surface area contributed by atoms with Gasteiger partial charge in [0.2, 0.25) is 5.88 Å². The summed E-state index contributed by atoms with van der Waals surface area (Å²) in [6.07, 6.45) is 3.74. The second kappa shape index (κ2) is 11.6. The molecular weight excluding hydrogens is 597 g/mol. The van der Waals surface area contributed by atoms with Crippen molar-refractivity contribution in [2.24, 2.45) is 0 Å². The van der Waals surface area contributed by atoms with E-state index < -0.39 is 27.4 Å². The Morgan fingerprint density at radius 2 is 1.60 bits per heavy atom. The van der Waals surface area contributed by atoms with Crippen LogP contribution in [0.1, 0.15) is 37.8 Å². The van der Waals surface area contributed by atoms with Crippen molar-refractivity contribution in [3.05, 3.63) is 89.9 Å². The number of ether oxygens (including phenoxy) is 2. The average Bonchev–Trinajstić information content (AvgIpc) is 3.66. The van der Waals surface area contributed by atoms with E-state index in [1.165, 1.54) is 0 Å². The van der Waals surface area contributed by atoms with Crippen LogP contribution in [0.15, 0.2) is 77.8 Å². The highest BCUT2D eigenvalue weighted by Gasteiger charge is 2.44. The Morgan fingerprint density at radius 1 is 0.956 bits per heavy atom. The molecule has 6 rings (SSSR count). The van der Waals surface area contributed by atoms with Gasteiger partial charge in [-0.1, -0.05) is 36.4 Å². The number of amides is 2. The van der Waals surface area contributed by atoms with Crippen molar-refractivity contribution < 1.29 is 32.2 Å². The molecule has 1 aliphatic carbocycles. The molecule has 45 heavy (non-hydrogen) atoms. The molecule has 1 saturated carbocycles. The van der Waals surface area contributed by atoms with Crippen LogP contribution < -0.4 is 19.5 Å². The highest BCUT2D eigenvalue weighted by atomic mass is 32.2. The summed E-state index contributed by atoms with van der Waals surface area (Å²) in [5.41, 5.74) is 2.02. The molecule has 1 heterocycles. The van der Waals surface area contributed by atoms with E-state index in [-0.39, 0.29) is 10.8 Å². The number of aryl methyl sites for hydroxylation is 1. The number of carbonyl (C=O) groups excluding carboxylic acids is 1. The lowest BCUT2D eigenvalue weighted by atomic mass is 10.0. The molecule has 4 aromatic carbocycles. The molecule has 0 aliphatic heterocycles. The highest BCUT2D eigenvalue weighted by molar-refractivity contribution is 7.90. The fourth-order valence-corrected chi connectivity index (χ4v) is 6.78. The number of urea groups is 1. The summed E-state index contributed by atoms with van der Waals surface area (Å²) in [6, 6.07) is 17.1. The molecule has 2 amide bonds. The third-order valence-electron chi connectivity index (χ3n) is 8.09. The van der Waals surface area contributed by atoms with Crippen molar-refractivity contribution in [2.75, 3.05) is 13.2 Å². The Bertz CT molecular complexity index is 2040. The maximum atomic E-state index is 13.2. The van der Waals surface area contributed by atoms with Gasteiger partial charge in [0.25, 0.3) is 10.0 Å². The first kappa shape index (κ1) is 30.3. The van der Waals surface area contributed by atoms with Crippen molar-refractivity contribution in [3.8, 4) is 23.1 Å². The second-order valence-corrected chi connectivity index (χ2v) is 13.0. The summed E-state index contributed by atoms with van der Waals surface area (Å²) < 4.78 is 54.3. The maximum absolute atomic E-state index is 13.2. The predicted molar refractivity (Wildman–Crippen MR) is 170 cm³/mol. The number of halogens is 1. The normalized spacial score (nSPS) is 14.0. The number of sulfonamides is 1. The van der Waals surface area contributed by atoms with Crippen LogP contribution in [-0.4, -0.2) is 42.9 Å². The number of nitrogens with zero attached hydrogens (tertiary/aromatic N) is 1. The van der Waals surface area contributed by atoms with Crippen LogP contribution in [0, 0.1) is 12.7 Å². The molecule has 0 bridgehead atoms. The standard InChI is InChI=1S/C34H34FN3O6S/c1-4-43-30-25-8-6-7-9-26(25)31(44-5-2)29-27(30)20-38(32(29)39)28-15-10-22(18-21(28)3)19-34(16-17-34)36-33(40)37-45(41,42)24-13-11-23(35)12-14-24/h6-15,18,20,39H,4-5,16-17,19H2,1-3H3,(H2,36,37,40). The third kappa shape index (κ3) is 5.75. The van der Waals surface area contributed by atoms with Crippen molar-refractivity contribution >= 4 is 37.6 Å². The number of hydrogen-bond acceptors (Lipinski definition) is 6. The third-order valence-corrected chi connectivity index (χ3v) is 9.44. The average molecular weight is 632 g/mol. The number of carbonyl (C=O) groups is 1. The summed E-state index contributed by atoms with van der Waals surface area (Å²) in [4.78, 5) is 12.5. The van der Waals surface area contributed by atoms with Crippen molar-refractivity contribution in [1.29, 1.82) is 0 Å². The first-order valence-corrected chi connectivity index (χ1v) is 16.3. The summed E-state index contributed by atoms with van der Waals surface area (Å²) in [6.45, 7) is 6.66. The summed E-state index contributed by atoms with van der Waals surface area (Å²) >= 11 is 0. The van der Waals surface area contributed by atoms with Crippen LogP contribution in [0.25, 0.3) is 27.2 Å². The van der Waals surface area contributed by atoms with Crippen LogP contribution in [0.4, 0.5) is 9.18 Å². The van der Waals surface area contributed by atoms with E-state index in [1.807, 2.05) is 74.2 Å². The highest BCUT2D eigenvalue weighted by Crippen LogP contribution is 2.48. The molecule has 0 saturated heterocycles. The molecule has 1 aromatic heterocycles. The van der Waals surface area contributed by atoms with Crippen molar-refractivity contribution in [2.45, 2.75) is 50.5 Å². The zero-order valence-electron chi connectivity index (χ0n) is 25.2. The Hall–Kier alpha value is -4.77. The van der Waals surface area contributed by atoms with Crippen LogP contribution in [0.3, 0.4) is 0 Å². The van der Waals surface area contributed by atoms with E-state index in [2.05, 4.69) is 5.32 Å². The zero-order chi connectivity index (χ0) is 31.9. The Morgan fingerprint density at radius 3 is 2.22 bits per heavy atom. The number of fused-ring (bicyclic) bond motifs is 2. The molecule has 3 N–H and O–H groups in total. The minimum atomic E-state index is -4.15. The number of aromatic nitrogens is 1. The first-order valence-electron chi connectivity index (χ1n) is 14.8. The van der Waals surface area contributed by atoms with Gasteiger partial charge < -0.3 is 19.9 Å². The van der Waals surface area contributed by atoms with Crippen LogP contribution >= 0.6 is 0 Å². The Kier molecular flexibility index (Phi) is 7.82. The minimum absolute atomic E-state index is 0.0374. The quantitative estimate of drug-likeness (QED) is 0.162. The van der Waals surface area contributed by atoms with Crippen molar-refractivity contribution in [3.63, 3.8) is 0 Å². The van der Waals surface area contributed by atoms with Gasteiger partial charge in [-0.3, -0.25) is 4.57 Å². The zero-order valence-corrected chi connectivity index (χ0v) is 26.0. The van der Waals surface area contributed by atoms with Crippen molar-refractivity contribution in [1.82, 2.24) is 14.6 Å². The Labute approximate surface area is 260 Å². The lowest BCUT2D eigenvalue weighted by Crippen LogP contribution is -2.46. The van der Waals surface area contributed by atoms with E-state index >= 15 is 0 Å². The number of rotatable bonds is 10. The monoisotopic (exact) mass is 631 g/mol. The molecule has 5 aromatic rings. The largest absolute Gasteiger partial charge is 0.494 e. The lowest BCUT2D eigenvalue weighted by Gasteiger charge is -2.19. The molecule has 1 aliphatic rings. The number of hydrogen-bond donors (Lipinski definition) is 3. The number of aromatic hydroxyl groups is 1. The van der Waals surface area contributed by atoms with Gasteiger partial charge in [-0.15, -0.1) is 0 Å². The predicted octanol–water partition coefficient (Wildman–Crippen LogP) is 6.50. The van der Waals surface area contributed by atoms with Crippen LogP contribution in [0.2, 0.25) is 0 Å². The summed E-state index contributed by atoms with van der Waals surface area (Å²) in [5, 5.41) is 17.5.